The molecule has 9 aromatic rings. The smallest absolute Gasteiger partial charge is 0.160 e. The van der Waals surface area contributed by atoms with E-state index in [4.69, 9.17) is 19.9 Å². The molecule has 0 atom stereocenters. The first-order chi connectivity index (χ1) is 23.8. The van der Waals surface area contributed by atoms with Gasteiger partial charge in [-0.1, -0.05) is 146 Å². The Bertz CT molecular complexity index is 2580. The van der Waals surface area contributed by atoms with Gasteiger partial charge in [0, 0.05) is 38.4 Å². The van der Waals surface area contributed by atoms with E-state index in [1.165, 1.54) is 11.1 Å². The Morgan fingerprint density at radius 1 is 0.312 bits per heavy atom. The van der Waals surface area contributed by atoms with E-state index < -0.39 is 0 Å². The lowest BCUT2D eigenvalue weighted by Crippen LogP contribution is -1.96. The Morgan fingerprint density at radius 3 is 1.42 bits per heavy atom. The van der Waals surface area contributed by atoms with Gasteiger partial charge in [0.05, 0.1) is 33.6 Å². The summed E-state index contributed by atoms with van der Waals surface area (Å²) in [6, 6.07) is 58.5. The van der Waals surface area contributed by atoms with Crippen molar-refractivity contribution in [3.63, 3.8) is 0 Å². The number of pyridine rings is 2. The maximum absolute atomic E-state index is 5.23. The van der Waals surface area contributed by atoms with Crippen LogP contribution in [-0.4, -0.2) is 19.9 Å². The SMILES string of the molecule is c1ccc(-c2ccc(-c3ccc4ccc5ccc(-c6ccc7nc(-c8ccccc8)nc(-c8ccccc8)c7c6)nc5c4n3)cc2)cc1. The summed E-state index contributed by atoms with van der Waals surface area (Å²) in [4.78, 5) is 20.5. The molecule has 224 valence electrons. The third-order valence-electron chi connectivity index (χ3n) is 8.88. The van der Waals surface area contributed by atoms with Gasteiger partial charge >= 0.3 is 0 Å². The van der Waals surface area contributed by atoms with Crippen LogP contribution in [0.25, 0.3) is 89.0 Å². The van der Waals surface area contributed by atoms with Gasteiger partial charge in [-0.3, -0.25) is 0 Å². The van der Waals surface area contributed by atoms with Crippen LogP contribution in [0.2, 0.25) is 0 Å². The van der Waals surface area contributed by atoms with Gasteiger partial charge in [-0.05, 0) is 35.4 Å². The van der Waals surface area contributed by atoms with Gasteiger partial charge in [0.15, 0.2) is 5.82 Å². The lowest BCUT2D eigenvalue weighted by molar-refractivity contribution is 1.23. The minimum Gasteiger partial charge on any atom is -0.245 e. The van der Waals surface area contributed by atoms with E-state index >= 15 is 0 Å². The van der Waals surface area contributed by atoms with Crippen LogP contribution in [0.15, 0.2) is 170 Å². The molecule has 0 aliphatic carbocycles. The largest absolute Gasteiger partial charge is 0.245 e. The molecular formula is C44H28N4. The molecule has 3 heterocycles. The van der Waals surface area contributed by atoms with Gasteiger partial charge in [-0.2, -0.15) is 0 Å². The molecule has 0 amide bonds. The summed E-state index contributed by atoms with van der Waals surface area (Å²) in [6.07, 6.45) is 0. The molecule has 4 heteroatoms. The van der Waals surface area contributed by atoms with Crippen LogP contribution in [0.3, 0.4) is 0 Å². The van der Waals surface area contributed by atoms with Gasteiger partial charge in [0.2, 0.25) is 0 Å². The van der Waals surface area contributed by atoms with Crippen molar-refractivity contribution in [1.29, 1.82) is 0 Å². The van der Waals surface area contributed by atoms with Crippen molar-refractivity contribution in [3.8, 4) is 56.3 Å². The second-order valence-corrected chi connectivity index (χ2v) is 11.9. The fourth-order valence-electron chi connectivity index (χ4n) is 6.37. The number of hydrogen-bond acceptors (Lipinski definition) is 4. The molecule has 0 saturated carbocycles. The minimum atomic E-state index is 0.710. The number of rotatable bonds is 5. The van der Waals surface area contributed by atoms with Crippen LogP contribution < -0.4 is 0 Å². The van der Waals surface area contributed by atoms with E-state index in [0.717, 1.165) is 72.0 Å². The summed E-state index contributed by atoms with van der Waals surface area (Å²) in [5.41, 5.74) is 11.9. The van der Waals surface area contributed by atoms with E-state index in [1.54, 1.807) is 0 Å². The molecule has 0 spiro atoms. The number of benzene rings is 6. The van der Waals surface area contributed by atoms with Crippen molar-refractivity contribution >= 4 is 32.7 Å². The standard InChI is InChI=1S/C44H28N4/c1-4-10-29(11-5-1)30-16-18-31(19-17-30)38-25-22-33-20-21-34-23-26-39(46-43(34)42(33)45-38)36-24-27-40-37(28-36)41(32-12-6-2-7-13-32)48-44(47-40)35-14-8-3-9-15-35/h1-28H. The van der Waals surface area contributed by atoms with Gasteiger partial charge in [-0.25, -0.2) is 19.9 Å². The van der Waals surface area contributed by atoms with Gasteiger partial charge in [0.25, 0.3) is 0 Å². The second kappa shape index (κ2) is 11.7. The molecule has 0 saturated heterocycles. The van der Waals surface area contributed by atoms with Crippen molar-refractivity contribution in [3.05, 3.63) is 170 Å². The number of hydrogen-bond donors (Lipinski definition) is 0. The Kier molecular flexibility index (Phi) is 6.76. The van der Waals surface area contributed by atoms with E-state index in [0.29, 0.717) is 5.82 Å². The zero-order valence-corrected chi connectivity index (χ0v) is 26.0. The second-order valence-electron chi connectivity index (χ2n) is 11.9. The normalized spacial score (nSPS) is 11.3. The molecule has 0 N–H and O–H groups in total. The van der Waals surface area contributed by atoms with Crippen LogP contribution in [0.4, 0.5) is 0 Å². The van der Waals surface area contributed by atoms with Gasteiger partial charge < -0.3 is 0 Å². The third-order valence-corrected chi connectivity index (χ3v) is 8.88. The highest BCUT2D eigenvalue weighted by Gasteiger charge is 2.14. The average Bonchev–Trinajstić information content (AvgIpc) is 3.18. The quantitative estimate of drug-likeness (QED) is 0.181. The number of fused-ring (bicyclic) bond motifs is 4. The zero-order chi connectivity index (χ0) is 31.9. The summed E-state index contributed by atoms with van der Waals surface area (Å²) in [5, 5.41) is 3.10. The summed E-state index contributed by atoms with van der Waals surface area (Å²) in [7, 11) is 0. The molecule has 4 nitrogen and oxygen atoms in total. The summed E-state index contributed by atoms with van der Waals surface area (Å²) >= 11 is 0. The number of nitrogens with zero attached hydrogens (tertiary/aromatic N) is 4. The third kappa shape index (κ3) is 5.06. The molecule has 48 heavy (non-hydrogen) atoms. The predicted octanol–water partition coefficient (Wildman–Crippen LogP) is 11.1. The topological polar surface area (TPSA) is 51.6 Å². The highest BCUT2D eigenvalue weighted by atomic mass is 14.9. The fraction of sp³-hybridized carbons (Fsp3) is 0. The molecule has 0 aliphatic heterocycles. The van der Waals surface area contributed by atoms with E-state index in [-0.39, 0.29) is 0 Å². The predicted molar refractivity (Wildman–Crippen MR) is 197 cm³/mol. The zero-order valence-electron chi connectivity index (χ0n) is 26.0. The Balaban J connectivity index is 1.15. The van der Waals surface area contributed by atoms with Crippen molar-refractivity contribution < 1.29 is 0 Å². The highest BCUT2D eigenvalue weighted by Crippen LogP contribution is 2.34. The van der Waals surface area contributed by atoms with E-state index in [2.05, 4.69) is 115 Å². The Hall–Kier alpha value is -6.52. The lowest BCUT2D eigenvalue weighted by atomic mass is 10.0. The van der Waals surface area contributed by atoms with Crippen molar-refractivity contribution in [2.45, 2.75) is 0 Å². The minimum absolute atomic E-state index is 0.710. The first-order valence-corrected chi connectivity index (χ1v) is 16.1. The number of aromatic nitrogens is 4. The average molecular weight is 613 g/mol. The molecule has 9 rings (SSSR count). The Morgan fingerprint density at radius 2 is 0.792 bits per heavy atom. The highest BCUT2D eigenvalue weighted by molar-refractivity contribution is 6.04. The first-order valence-electron chi connectivity index (χ1n) is 16.1. The lowest BCUT2D eigenvalue weighted by Gasteiger charge is -2.12. The van der Waals surface area contributed by atoms with Crippen molar-refractivity contribution in [2.75, 3.05) is 0 Å². The molecule has 0 fully saturated rings. The molecule has 3 aromatic heterocycles. The molecule has 0 aliphatic rings. The van der Waals surface area contributed by atoms with E-state index in [1.807, 2.05) is 54.6 Å². The van der Waals surface area contributed by atoms with Crippen LogP contribution in [0, 0.1) is 0 Å². The molecule has 0 radical (unpaired) electrons. The summed E-state index contributed by atoms with van der Waals surface area (Å²) in [5.74, 6) is 0.710. The van der Waals surface area contributed by atoms with Gasteiger partial charge in [0.1, 0.15) is 0 Å². The first kappa shape index (κ1) is 27.8. The van der Waals surface area contributed by atoms with E-state index in [9.17, 15) is 0 Å². The fourth-order valence-corrected chi connectivity index (χ4v) is 6.37. The van der Waals surface area contributed by atoms with Crippen LogP contribution in [0.5, 0.6) is 0 Å². The molecule has 6 aromatic carbocycles. The maximum atomic E-state index is 5.23. The Labute approximate surface area is 278 Å². The van der Waals surface area contributed by atoms with Crippen LogP contribution in [-0.2, 0) is 0 Å². The van der Waals surface area contributed by atoms with Crippen LogP contribution in [0.1, 0.15) is 0 Å². The van der Waals surface area contributed by atoms with Gasteiger partial charge in [-0.15, -0.1) is 0 Å². The molecule has 0 bridgehead atoms. The summed E-state index contributed by atoms with van der Waals surface area (Å²) < 4.78 is 0. The monoisotopic (exact) mass is 612 g/mol. The van der Waals surface area contributed by atoms with Crippen molar-refractivity contribution in [2.24, 2.45) is 0 Å². The summed E-state index contributed by atoms with van der Waals surface area (Å²) in [6.45, 7) is 0. The molecule has 0 unspecified atom stereocenters. The maximum Gasteiger partial charge on any atom is 0.160 e. The molecular weight excluding hydrogens is 585 g/mol. The van der Waals surface area contributed by atoms with Crippen LogP contribution >= 0.6 is 0 Å². The van der Waals surface area contributed by atoms with Crippen molar-refractivity contribution in [1.82, 2.24) is 19.9 Å².